The molecule has 0 radical (unpaired) electrons. The van der Waals surface area contributed by atoms with E-state index in [1.54, 1.807) is 44.2 Å². The number of para-hydroxylation sites is 1. The van der Waals surface area contributed by atoms with Gasteiger partial charge in [0.2, 0.25) is 5.91 Å². The van der Waals surface area contributed by atoms with E-state index in [1.807, 2.05) is 88.4 Å². The van der Waals surface area contributed by atoms with Crippen LogP contribution in [0.2, 0.25) is 0 Å². The molecule has 1 N–H and O–H groups in total. The summed E-state index contributed by atoms with van der Waals surface area (Å²) in [5.74, 6) is 0.716. The van der Waals surface area contributed by atoms with Gasteiger partial charge in [-0.1, -0.05) is 190 Å². The zero-order chi connectivity index (χ0) is 35.5. The zero-order valence-corrected chi connectivity index (χ0v) is 29.9. The molecular weight excluding hydrogens is 679 g/mol. The summed E-state index contributed by atoms with van der Waals surface area (Å²) in [6, 6.07) is 37.9. The average molecular weight is 756 g/mol. The molecular formula is C46H77NO5S. The number of sulfone groups is 1. The summed E-state index contributed by atoms with van der Waals surface area (Å²) in [4.78, 5) is 32.4. The number of hydrogen-bond donors (Lipinski definition) is 1. The predicted octanol–water partition coefficient (Wildman–Crippen LogP) is 13.5. The molecule has 0 aliphatic rings. The van der Waals surface area contributed by atoms with Gasteiger partial charge in [0.1, 0.15) is 5.78 Å². The van der Waals surface area contributed by atoms with Crippen molar-refractivity contribution in [1.29, 1.82) is 0 Å². The number of amides is 1. The van der Waals surface area contributed by atoms with Crippen LogP contribution >= 0.6 is 0 Å². The van der Waals surface area contributed by atoms with E-state index in [0.29, 0.717) is 17.7 Å². The Balaban J connectivity index is -0.0000000989. The van der Waals surface area contributed by atoms with Crippen LogP contribution in [0.1, 0.15) is 128 Å². The first-order valence-electron chi connectivity index (χ1n) is 16.2. The molecule has 0 spiro atoms. The van der Waals surface area contributed by atoms with Crippen molar-refractivity contribution < 1.29 is 22.8 Å². The van der Waals surface area contributed by atoms with E-state index in [4.69, 9.17) is 0 Å². The van der Waals surface area contributed by atoms with Gasteiger partial charge in [0, 0.05) is 30.0 Å². The number of ketones is 2. The SMILES string of the molecule is C.C.C.C.C.C.CC(C)C(=O)Nc1ccccc1.CCC(=O)c1ccccc1.CCC(C)=O.CCCc1ccccc1.CCS(=O)(=O)c1ccccc1. The maximum atomic E-state index is 11.2. The summed E-state index contributed by atoms with van der Waals surface area (Å²) in [6.45, 7) is 12.9. The van der Waals surface area contributed by atoms with Crippen LogP contribution in [0.25, 0.3) is 0 Å². The smallest absolute Gasteiger partial charge is 0.226 e. The zero-order valence-electron chi connectivity index (χ0n) is 29.1. The van der Waals surface area contributed by atoms with Crippen molar-refractivity contribution in [1.82, 2.24) is 0 Å². The topological polar surface area (TPSA) is 97.4 Å². The molecule has 0 heterocycles. The van der Waals surface area contributed by atoms with E-state index in [-0.39, 0.29) is 73.7 Å². The first-order chi connectivity index (χ1) is 22.4. The van der Waals surface area contributed by atoms with Gasteiger partial charge >= 0.3 is 0 Å². The third-order valence-corrected chi connectivity index (χ3v) is 8.09. The van der Waals surface area contributed by atoms with Crippen molar-refractivity contribution in [2.45, 2.75) is 124 Å². The van der Waals surface area contributed by atoms with Crippen molar-refractivity contribution in [3.05, 3.63) is 132 Å². The Morgan fingerprint density at radius 3 is 1.30 bits per heavy atom. The highest BCUT2D eigenvalue weighted by molar-refractivity contribution is 7.91. The van der Waals surface area contributed by atoms with Crippen LogP contribution in [-0.4, -0.2) is 31.6 Å². The maximum Gasteiger partial charge on any atom is 0.226 e. The summed E-state index contributed by atoms with van der Waals surface area (Å²) in [5, 5.41) is 2.80. The molecule has 0 aromatic heterocycles. The number of rotatable bonds is 9. The van der Waals surface area contributed by atoms with Gasteiger partial charge in [0.25, 0.3) is 0 Å². The fourth-order valence-electron chi connectivity index (χ4n) is 3.36. The first kappa shape index (κ1) is 63.7. The number of benzene rings is 4. The van der Waals surface area contributed by atoms with Crippen LogP contribution < -0.4 is 5.32 Å². The number of carbonyl (C=O) groups is 3. The number of aryl methyl sites for hydroxylation is 1. The number of hydrogen-bond acceptors (Lipinski definition) is 5. The normalized spacial score (nSPS) is 8.68. The molecule has 1 amide bonds. The lowest BCUT2D eigenvalue weighted by molar-refractivity contribution is -0.119. The Labute approximate surface area is 327 Å². The average Bonchev–Trinajstić information content (AvgIpc) is 3.11. The summed E-state index contributed by atoms with van der Waals surface area (Å²) >= 11 is 0. The highest BCUT2D eigenvalue weighted by Gasteiger charge is 2.09. The lowest BCUT2D eigenvalue weighted by Crippen LogP contribution is -2.17. The Morgan fingerprint density at radius 2 is 0.962 bits per heavy atom. The van der Waals surface area contributed by atoms with E-state index in [0.717, 1.165) is 11.3 Å². The van der Waals surface area contributed by atoms with Crippen molar-refractivity contribution in [3.63, 3.8) is 0 Å². The van der Waals surface area contributed by atoms with Gasteiger partial charge in [-0.2, -0.15) is 0 Å². The summed E-state index contributed by atoms with van der Waals surface area (Å²) in [5.41, 5.74) is 3.11. The second kappa shape index (κ2) is 38.9. The van der Waals surface area contributed by atoms with Gasteiger partial charge in [-0.15, -0.1) is 0 Å². The second-order valence-corrected chi connectivity index (χ2v) is 12.9. The van der Waals surface area contributed by atoms with Gasteiger partial charge in [0.05, 0.1) is 10.6 Å². The Hall–Kier alpha value is -4.36. The third kappa shape index (κ3) is 32.1. The standard InChI is InChI=1S/C10H13NO.C9H10O.C9H12.C8H10O2S.C4H8O.6CH4/c1-8(2)10(12)11-9-6-4-3-5-7-9;1-2-9(10)8-6-4-3-5-7-8;1-2-6-9-7-4-3-5-8-9;1-2-11(9,10)8-6-4-3-5-7-8;1-3-4(2)5;;;;;;/h3-8H,1-2H3,(H,11,12);3-7H,2H2,1H3;3-5,7-8H,2,6H2,1H3;3-7H,2H2,1H3;3H2,1-2H3;6*1H4. The van der Waals surface area contributed by atoms with Crippen LogP contribution in [0, 0.1) is 5.92 Å². The Kier molecular flexibility index (Phi) is 46.7. The molecule has 0 atom stereocenters. The molecule has 0 unspecified atom stereocenters. The maximum absolute atomic E-state index is 11.2. The van der Waals surface area contributed by atoms with Crippen molar-refractivity contribution in [2.75, 3.05) is 11.1 Å². The second-order valence-electron chi connectivity index (χ2n) is 10.7. The van der Waals surface area contributed by atoms with E-state index in [9.17, 15) is 22.8 Å². The van der Waals surface area contributed by atoms with Gasteiger partial charge < -0.3 is 10.1 Å². The first-order valence-corrected chi connectivity index (χ1v) is 17.8. The van der Waals surface area contributed by atoms with Crippen LogP contribution in [0.5, 0.6) is 0 Å². The molecule has 0 aliphatic carbocycles. The lowest BCUT2D eigenvalue weighted by atomic mass is 10.1. The number of carbonyl (C=O) groups excluding carboxylic acids is 3. The summed E-state index contributed by atoms with van der Waals surface area (Å²) < 4.78 is 22.4. The minimum Gasteiger partial charge on any atom is -0.326 e. The molecule has 4 aromatic carbocycles. The minimum absolute atomic E-state index is 0. The molecule has 4 rings (SSSR count). The highest BCUT2D eigenvalue weighted by atomic mass is 32.2. The van der Waals surface area contributed by atoms with Crippen molar-refractivity contribution >= 4 is 33.0 Å². The molecule has 0 saturated carbocycles. The fraction of sp³-hybridized carbons (Fsp3) is 0.413. The van der Waals surface area contributed by atoms with Crippen molar-refractivity contribution in [3.8, 4) is 0 Å². The molecule has 0 fully saturated rings. The molecule has 0 bridgehead atoms. The molecule has 0 saturated heterocycles. The number of nitrogens with one attached hydrogen (secondary N) is 1. The van der Waals surface area contributed by atoms with Gasteiger partial charge in [0.15, 0.2) is 15.6 Å². The third-order valence-electron chi connectivity index (χ3n) is 6.34. The quantitative estimate of drug-likeness (QED) is 0.172. The van der Waals surface area contributed by atoms with E-state index in [1.165, 1.54) is 18.4 Å². The van der Waals surface area contributed by atoms with Gasteiger partial charge in [-0.05, 0) is 43.2 Å². The van der Waals surface area contributed by atoms with E-state index in [2.05, 4.69) is 42.6 Å². The number of anilines is 1. The monoisotopic (exact) mass is 756 g/mol. The van der Waals surface area contributed by atoms with Gasteiger partial charge in [-0.3, -0.25) is 9.59 Å². The van der Waals surface area contributed by atoms with E-state index < -0.39 is 9.84 Å². The minimum atomic E-state index is -3.00. The summed E-state index contributed by atoms with van der Waals surface area (Å²) in [7, 11) is -3.00. The Morgan fingerprint density at radius 1 is 0.585 bits per heavy atom. The van der Waals surface area contributed by atoms with Gasteiger partial charge in [-0.25, -0.2) is 8.42 Å². The summed E-state index contributed by atoms with van der Waals surface area (Å²) in [6.07, 6.45) is 3.70. The molecule has 4 aromatic rings. The molecule has 53 heavy (non-hydrogen) atoms. The van der Waals surface area contributed by atoms with E-state index >= 15 is 0 Å². The van der Waals surface area contributed by atoms with Crippen molar-refractivity contribution in [2.24, 2.45) is 5.92 Å². The highest BCUT2D eigenvalue weighted by Crippen LogP contribution is 2.09. The largest absolute Gasteiger partial charge is 0.326 e. The van der Waals surface area contributed by atoms with Crippen LogP contribution in [0.3, 0.4) is 0 Å². The molecule has 7 heteroatoms. The van der Waals surface area contributed by atoms with Crippen LogP contribution in [0.15, 0.2) is 126 Å². The molecule has 302 valence electrons. The molecule has 6 nitrogen and oxygen atoms in total. The predicted molar refractivity (Wildman–Crippen MR) is 237 cm³/mol. The van der Waals surface area contributed by atoms with Crippen LogP contribution in [-0.2, 0) is 25.8 Å². The molecule has 0 aliphatic heterocycles. The lowest BCUT2D eigenvalue weighted by Gasteiger charge is -2.06. The fourth-order valence-corrected chi connectivity index (χ4v) is 4.27. The number of Topliss-reactive ketones (excluding diaryl/α,β-unsaturated/α-hetero) is 2. The Bertz CT molecular complexity index is 1490. The van der Waals surface area contributed by atoms with Crippen LogP contribution in [0.4, 0.5) is 5.69 Å².